The van der Waals surface area contributed by atoms with Crippen LogP contribution in [0.15, 0.2) is 24.3 Å². The van der Waals surface area contributed by atoms with Crippen molar-refractivity contribution in [3.05, 3.63) is 45.4 Å². The van der Waals surface area contributed by atoms with Gasteiger partial charge in [-0.3, -0.25) is 0 Å². The topological polar surface area (TPSA) is 48.1 Å². The number of nitrogens with two attached hydrogens (primary N) is 1. The van der Waals surface area contributed by atoms with Crippen LogP contribution in [0.2, 0.25) is 0 Å². The first-order valence-corrected chi connectivity index (χ1v) is 8.09. The molecule has 0 amide bonds. The van der Waals surface area contributed by atoms with Gasteiger partial charge in [0, 0.05) is 16.9 Å². The minimum absolute atomic E-state index is 0.475. The van der Waals surface area contributed by atoms with Crippen molar-refractivity contribution in [1.29, 1.82) is 0 Å². The number of rotatable bonds is 1. The SMILES string of the molecule is NC1(c2nc3c(s2)CCCC3)CCOc2ccccc21. The van der Waals surface area contributed by atoms with Crippen LogP contribution in [-0.4, -0.2) is 11.6 Å². The fourth-order valence-corrected chi connectivity index (χ4v) is 4.48. The number of hydrogen-bond acceptors (Lipinski definition) is 4. The molecule has 0 saturated heterocycles. The highest BCUT2D eigenvalue weighted by Gasteiger charge is 2.39. The van der Waals surface area contributed by atoms with Crippen molar-refractivity contribution in [2.75, 3.05) is 6.61 Å². The molecule has 2 heterocycles. The van der Waals surface area contributed by atoms with E-state index in [-0.39, 0.29) is 0 Å². The van der Waals surface area contributed by atoms with Gasteiger partial charge in [-0.15, -0.1) is 11.3 Å². The summed E-state index contributed by atoms with van der Waals surface area (Å²) in [5.74, 6) is 0.912. The first-order valence-electron chi connectivity index (χ1n) is 7.27. The van der Waals surface area contributed by atoms with Gasteiger partial charge in [-0.1, -0.05) is 18.2 Å². The van der Waals surface area contributed by atoms with Gasteiger partial charge in [0.25, 0.3) is 0 Å². The normalized spacial score (nSPS) is 24.6. The van der Waals surface area contributed by atoms with Crippen LogP contribution in [-0.2, 0) is 18.4 Å². The third kappa shape index (κ3) is 1.79. The van der Waals surface area contributed by atoms with Crippen LogP contribution in [0.4, 0.5) is 0 Å². The first kappa shape index (κ1) is 12.4. The molecule has 2 aliphatic rings. The second kappa shape index (κ2) is 4.57. The highest BCUT2D eigenvalue weighted by Crippen LogP contribution is 2.42. The Balaban J connectivity index is 1.83. The molecule has 104 valence electrons. The lowest BCUT2D eigenvalue weighted by molar-refractivity contribution is 0.237. The van der Waals surface area contributed by atoms with E-state index in [0.717, 1.165) is 29.2 Å². The maximum Gasteiger partial charge on any atom is 0.124 e. The quantitative estimate of drug-likeness (QED) is 0.876. The Hall–Kier alpha value is -1.39. The lowest BCUT2D eigenvalue weighted by Gasteiger charge is -2.33. The monoisotopic (exact) mass is 286 g/mol. The largest absolute Gasteiger partial charge is 0.493 e. The van der Waals surface area contributed by atoms with Crippen LogP contribution in [0.3, 0.4) is 0 Å². The molecule has 1 aliphatic heterocycles. The van der Waals surface area contributed by atoms with Crippen molar-refractivity contribution < 1.29 is 4.74 Å². The lowest BCUT2D eigenvalue weighted by Crippen LogP contribution is -2.42. The molecule has 1 unspecified atom stereocenters. The van der Waals surface area contributed by atoms with E-state index in [0.29, 0.717) is 6.61 Å². The molecular formula is C16H18N2OS. The van der Waals surface area contributed by atoms with E-state index in [4.69, 9.17) is 15.5 Å². The van der Waals surface area contributed by atoms with Crippen LogP contribution >= 0.6 is 11.3 Å². The second-order valence-electron chi connectivity index (χ2n) is 5.66. The van der Waals surface area contributed by atoms with Crippen molar-refractivity contribution in [2.24, 2.45) is 5.73 Å². The highest BCUT2D eigenvalue weighted by molar-refractivity contribution is 7.12. The van der Waals surface area contributed by atoms with Gasteiger partial charge >= 0.3 is 0 Å². The number of para-hydroxylation sites is 1. The lowest BCUT2D eigenvalue weighted by atomic mass is 9.86. The Kier molecular flexibility index (Phi) is 2.82. The first-order chi connectivity index (χ1) is 9.77. The molecule has 4 rings (SSSR count). The van der Waals surface area contributed by atoms with Crippen molar-refractivity contribution in [3.8, 4) is 5.75 Å². The number of hydrogen-bond donors (Lipinski definition) is 1. The zero-order chi connectivity index (χ0) is 13.6. The van der Waals surface area contributed by atoms with Gasteiger partial charge in [0.1, 0.15) is 16.3 Å². The number of aromatic nitrogens is 1. The number of ether oxygens (including phenoxy) is 1. The van der Waals surface area contributed by atoms with Crippen LogP contribution in [0, 0.1) is 0 Å². The molecule has 20 heavy (non-hydrogen) atoms. The Bertz CT molecular complexity index is 628. The molecular weight excluding hydrogens is 268 g/mol. The molecule has 2 N–H and O–H groups in total. The maximum atomic E-state index is 6.77. The standard InChI is InChI=1S/C16H18N2OS/c17-16(9-10-19-13-7-3-1-5-11(13)16)15-18-12-6-2-4-8-14(12)20-15/h1,3,5,7H,2,4,6,8-10,17H2. The summed E-state index contributed by atoms with van der Waals surface area (Å²) in [7, 11) is 0. The van der Waals surface area contributed by atoms with Gasteiger partial charge in [0.2, 0.25) is 0 Å². The summed E-state index contributed by atoms with van der Waals surface area (Å²) < 4.78 is 5.74. The maximum absolute atomic E-state index is 6.77. The molecule has 0 radical (unpaired) electrons. The van der Waals surface area contributed by atoms with Gasteiger partial charge in [0.15, 0.2) is 0 Å². The molecule has 0 spiro atoms. The van der Waals surface area contributed by atoms with Crippen molar-refractivity contribution in [3.63, 3.8) is 0 Å². The van der Waals surface area contributed by atoms with Gasteiger partial charge < -0.3 is 10.5 Å². The predicted octanol–water partition coefficient (Wildman–Crippen LogP) is 3.01. The van der Waals surface area contributed by atoms with Gasteiger partial charge in [0.05, 0.1) is 12.3 Å². The summed E-state index contributed by atoms with van der Waals surface area (Å²) in [4.78, 5) is 6.33. The zero-order valence-electron chi connectivity index (χ0n) is 11.4. The molecule has 1 atom stereocenters. The molecule has 0 bridgehead atoms. The predicted molar refractivity (Wildman–Crippen MR) is 80.3 cm³/mol. The van der Waals surface area contributed by atoms with Crippen molar-refractivity contribution in [2.45, 2.75) is 37.6 Å². The zero-order valence-corrected chi connectivity index (χ0v) is 12.2. The number of aryl methyl sites for hydroxylation is 2. The van der Waals surface area contributed by atoms with Crippen LogP contribution in [0.5, 0.6) is 5.75 Å². The molecule has 4 heteroatoms. The van der Waals surface area contributed by atoms with Gasteiger partial charge in [-0.2, -0.15) is 0 Å². The molecule has 0 saturated carbocycles. The number of fused-ring (bicyclic) bond motifs is 2. The van der Waals surface area contributed by atoms with E-state index in [2.05, 4.69) is 6.07 Å². The molecule has 0 fully saturated rings. The Morgan fingerprint density at radius 2 is 2.05 bits per heavy atom. The average molecular weight is 286 g/mol. The minimum atomic E-state index is -0.475. The third-order valence-corrected chi connectivity index (χ3v) is 5.68. The van der Waals surface area contributed by atoms with E-state index in [1.165, 1.54) is 29.8 Å². The minimum Gasteiger partial charge on any atom is -0.493 e. The summed E-state index contributed by atoms with van der Waals surface area (Å²) >= 11 is 1.81. The summed E-state index contributed by atoms with van der Waals surface area (Å²) in [5, 5.41) is 1.07. The van der Waals surface area contributed by atoms with Crippen LogP contribution in [0.1, 0.15) is 40.4 Å². The summed E-state index contributed by atoms with van der Waals surface area (Å²) in [5.41, 5.74) is 8.66. The Labute approximate surface area is 122 Å². The molecule has 2 aromatic rings. The van der Waals surface area contributed by atoms with Gasteiger partial charge in [-0.05, 0) is 31.7 Å². The molecule has 1 aromatic heterocycles. The fraction of sp³-hybridized carbons (Fsp3) is 0.438. The number of nitrogens with zero attached hydrogens (tertiary/aromatic N) is 1. The third-order valence-electron chi connectivity index (χ3n) is 4.35. The van der Waals surface area contributed by atoms with Crippen LogP contribution < -0.4 is 10.5 Å². The highest BCUT2D eigenvalue weighted by atomic mass is 32.1. The molecule has 1 aliphatic carbocycles. The van der Waals surface area contributed by atoms with Gasteiger partial charge in [-0.25, -0.2) is 4.98 Å². The fourth-order valence-electron chi connectivity index (χ4n) is 3.18. The number of benzene rings is 1. The summed E-state index contributed by atoms with van der Waals surface area (Å²) in [6.45, 7) is 0.664. The second-order valence-corrected chi connectivity index (χ2v) is 6.75. The van der Waals surface area contributed by atoms with E-state index in [1.807, 2.05) is 29.5 Å². The van der Waals surface area contributed by atoms with Crippen LogP contribution in [0.25, 0.3) is 0 Å². The average Bonchev–Trinajstić information content (AvgIpc) is 2.92. The molecule has 3 nitrogen and oxygen atoms in total. The van der Waals surface area contributed by atoms with Crippen molar-refractivity contribution >= 4 is 11.3 Å². The van der Waals surface area contributed by atoms with E-state index in [1.54, 1.807) is 0 Å². The summed E-state index contributed by atoms with van der Waals surface area (Å²) in [6, 6.07) is 8.11. The Morgan fingerprint density at radius 1 is 1.20 bits per heavy atom. The van der Waals surface area contributed by atoms with E-state index < -0.39 is 5.54 Å². The van der Waals surface area contributed by atoms with Crippen molar-refractivity contribution in [1.82, 2.24) is 4.98 Å². The van der Waals surface area contributed by atoms with E-state index in [9.17, 15) is 0 Å². The molecule has 1 aromatic carbocycles. The number of thiazole rings is 1. The smallest absolute Gasteiger partial charge is 0.124 e. The Morgan fingerprint density at radius 3 is 2.95 bits per heavy atom. The summed E-state index contributed by atoms with van der Waals surface area (Å²) in [6.07, 6.45) is 5.62. The van der Waals surface area contributed by atoms with E-state index >= 15 is 0 Å².